The van der Waals surface area contributed by atoms with E-state index in [1.807, 2.05) is 19.9 Å². The molecular formula is C12H12ClNO2. The van der Waals surface area contributed by atoms with Crippen LogP contribution in [-0.2, 0) is 0 Å². The number of aromatic nitrogens is 1. The maximum absolute atomic E-state index is 11.3. The molecule has 0 radical (unpaired) electrons. The van der Waals surface area contributed by atoms with Crippen molar-refractivity contribution in [2.24, 2.45) is 0 Å². The number of hydrogen-bond acceptors (Lipinski definition) is 1. The van der Waals surface area contributed by atoms with Crippen LogP contribution in [0.4, 0.5) is 0 Å². The number of aromatic amines is 1. The van der Waals surface area contributed by atoms with E-state index in [4.69, 9.17) is 11.6 Å². The number of halogens is 1. The molecule has 0 atom stereocenters. The smallest absolute Gasteiger partial charge is 0.338 e. The van der Waals surface area contributed by atoms with Crippen molar-refractivity contribution < 1.29 is 9.90 Å². The van der Waals surface area contributed by atoms with Gasteiger partial charge in [0, 0.05) is 16.6 Å². The van der Waals surface area contributed by atoms with Crippen molar-refractivity contribution in [1.29, 1.82) is 0 Å². The Morgan fingerprint density at radius 3 is 2.69 bits per heavy atom. The summed E-state index contributed by atoms with van der Waals surface area (Å²) in [6.07, 6.45) is 0. The van der Waals surface area contributed by atoms with Crippen molar-refractivity contribution in [3.63, 3.8) is 0 Å². The second kappa shape index (κ2) is 3.83. The fourth-order valence-corrected chi connectivity index (χ4v) is 2.15. The van der Waals surface area contributed by atoms with Crippen molar-refractivity contribution in [3.05, 3.63) is 34.5 Å². The summed E-state index contributed by atoms with van der Waals surface area (Å²) in [5.41, 5.74) is 1.78. The first-order valence-electron chi connectivity index (χ1n) is 5.05. The summed E-state index contributed by atoms with van der Waals surface area (Å²) >= 11 is 6.04. The van der Waals surface area contributed by atoms with Crippen LogP contribution in [0.2, 0.25) is 5.02 Å². The topological polar surface area (TPSA) is 53.1 Å². The Kier molecular flexibility index (Phi) is 2.64. The molecule has 3 nitrogen and oxygen atoms in total. The van der Waals surface area contributed by atoms with Crippen molar-refractivity contribution in [3.8, 4) is 0 Å². The highest BCUT2D eigenvalue weighted by Crippen LogP contribution is 2.32. The van der Waals surface area contributed by atoms with Gasteiger partial charge in [-0.2, -0.15) is 0 Å². The van der Waals surface area contributed by atoms with Crippen molar-refractivity contribution in [1.82, 2.24) is 4.98 Å². The van der Waals surface area contributed by atoms with Gasteiger partial charge in [-0.15, -0.1) is 0 Å². The van der Waals surface area contributed by atoms with Crippen LogP contribution in [0.3, 0.4) is 0 Å². The number of aromatic carboxylic acids is 1. The number of nitrogens with one attached hydrogen (secondary N) is 1. The number of fused-ring (bicyclic) bond motifs is 1. The van der Waals surface area contributed by atoms with Gasteiger partial charge in [-0.05, 0) is 18.1 Å². The molecule has 0 fully saturated rings. The highest BCUT2D eigenvalue weighted by molar-refractivity contribution is 6.36. The van der Waals surface area contributed by atoms with Gasteiger partial charge < -0.3 is 10.1 Å². The lowest BCUT2D eigenvalue weighted by Gasteiger charge is -2.03. The molecule has 0 unspecified atom stereocenters. The molecule has 4 heteroatoms. The Hall–Kier alpha value is -1.48. The van der Waals surface area contributed by atoms with Gasteiger partial charge in [-0.1, -0.05) is 31.5 Å². The van der Waals surface area contributed by atoms with Gasteiger partial charge in [-0.25, -0.2) is 4.79 Å². The average Bonchev–Trinajstić information content (AvgIpc) is 2.58. The average molecular weight is 238 g/mol. The van der Waals surface area contributed by atoms with Crippen molar-refractivity contribution in [2.75, 3.05) is 0 Å². The van der Waals surface area contributed by atoms with E-state index in [0.29, 0.717) is 10.4 Å². The number of carbonyl (C=O) groups is 1. The molecule has 16 heavy (non-hydrogen) atoms. The second-order valence-corrected chi connectivity index (χ2v) is 4.44. The largest absolute Gasteiger partial charge is 0.478 e. The zero-order chi connectivity index (χ0) is 11.9. The van der Waals surface area contributed by atoms with Crippen LogP contribution in [0.5, 0.6) is 0 Å². The molecule has 0 aliphatic rings. The number of rotatable bonds is 2. The lowest BCUT2D eigenvalue weighted by molar-refractivity contribution is 0.0697. The maximum Gasteiger partial charge on any atom is 0.338 e. The van der Waals surface area contributed by atoms with E-state index in [0.717, 1.165) is 11.2 Å². The molecule has 0 spiro atoms. The highest BCUT2D eigenvalue weighted by atomic mass is 35.5. The SMILES string of the molecule is CC(C)c1[nH]c2cccc(Cl)c2c1C(=O)O. The zero-order valence-electron chi connectivity index (χ0n) is 9.04. The van der Waals surface area contributed by atoms with Crippen LogP contribution in [0, 0.1) is 0 Å². The lowest BCUT2D eigenvalue weighted by Crippen LogP contribution is -2.02. The minimum absolute atomic E-state index is 0.120. The van der Waals surface area contributed by atoms with E-state index < -0.39 is 5.97 Å². The lowest BCUT2D eigenvalue weighted by atomic mass is 10.0. The standard InChI is InChI=1S/C12H12ClNO2/c1-6(2)11-10(12(15)16)9-7(13)4-3-5-8(9)14-11/h3-6,14H,1-2H3,(H,15,16). The molecular weight excluding hydrogens is 226 g/mol. The summed E-state index contributed by atoms with van der Waals surface area (Å²) in [6.45, 7) is 3.90. The molecule has 0 saturated heterocycles. The first-order chi connectivity index (χ1) is 7.52. The molecule has 2 N–H and O–H groups in total. The van der Waals surface area contributed by atoms with E-state index in [9.17, 15) is 9.90 Å². The van der Waals surface area contributed by atoms with E-state index in [-0.39, 0.29) is 11.5 Å². The molecule has 1 aromatic carbocycles. The van der Waals surface area contributed by atoms with Crippen LogP contribution in [0.15, 0.2) is 18.2 Å². The molecule has 2 aromatic rings. The van der Waals surface area contributed by atoms with Crippen LogP contribution in [0.25, 0.3) is 10.9 Å². The molecule has 1 aromatic heterocycles. The number of hydrogen-bond donors (Lipinski definition) is 2. The zero-order valence-corrected chi connectivity index (χ0v) is 9.80. The first-order valence-corrected chi connectivity index (χ1v) is 5.43. The summed E-state index contributed by atoms with van der Waals surface area (Å²) in [4.78, 5) is 14.4. The van der Waals surface area contributed by atoms with Crippen molar-refractivity contribution >= 4 is 28.5 Å². The van der Waals surface area contributed by atoms with Gasteiger partial charge in [0.05, 0.1) is 10.6 Å². The third-order valence-electron chi connectivity index (χ3n) is 2.59. The number of benzene rings is 1. The van der Waals surface area contributed by atoms with E-state index in [2.05, 4.69) is 4.98 Å². The summed E-state index contributed by atoms with van der Waals surface area (Å²) in [6, 6.07) is 5.34. The molecule has 0 bridgehead atoms. The molecule has 0 aliphatic heterocycles. The van der Waals surface area contributed by atoms with Gasteiger partial charge in [0.2, 0.25) is 0 Å². The third kappa shape index (κ3) is 1.57. The van der Waals surface area contributed by atoms with Crippen molar-refractivity contribution in [2.45, 2.75) is 19.8 Å². The number of carboxylic acids is 1. The molecule has 2 rings (SSSR count). The Morgan fingerprint density at radius 2 is 2.12 bits per heavy atom. The van der Waals surface area contributed by atoms with Gasteiger partial charge in [0.15, 0.2) is 0 Å². The number of carboxylic acid groups (broad SMARTS) is 1. The number of H-pyrrole nitrogens is 1. The maximum atomic E-state index is 11.3. The van der Waals surface area contributed by atoms with Crippen LogP contribution >= 0.6 is 11.6 Å². The summed E-state index contributed by atoms with van der Waals surface area (Å²) in [7, 11) is 0. The van der Waals surface area contributed by atoms with E-state index >= 15 is 0 Å². The summed E-state index contributed by atoms with van der Waals surface area (Å²) in [5, 5.41) is 10.3. The van der Waals surface area contributed by atoms with Gasteiger partial charge in [0.1, 0.15) is 0 Å². The Bertz CT molecular complexity index is 557. The molecule has 0 amide bonds. The van der Waals surface area contributed by atoms with Crippen LogP contribution in [0.1, 0.15) is 35.8 Å². The third-order valence-corrected chi connectivity index (χ3v) is 2.91. The van der Waals surface area contributed by atoms with Gasteiger partial charge in [0.25, 0.3) is 0 Å². The Labute approximate surface area is 98.0 Å². The fourth-order valence-electron chi connectivity index (χ4n) is 1.88. The quantitative estimate of drug-likeness (QED) is 0.838. The van der Waals surface area contributed by atoms with Crippen LogP contribution < -0.4 is 0 Å². The molecule has 0 saturated carbocycles. The first kappa shape index (κ1) is 11.0. The highest BCUT2D eigenvalue weighted by Gasteiger charge is 2.21. The molecule has 1 heterocycles. The van der Waals surface area contributed by atoms with Crippen LogP contribution in [-0.4, -0.2) is 16.1 Å². The predicted molar refractivity (Wildman–Crippen MR) is 64.4 cm³/mol. The predicted octanol–water partition coefficient (Wildman–Crippen LogP) is 3.64. The minimum Gasteiger partial charge on any atom is -0.478 e. The normalized spacial score (nSPS) is 11.2. The summed E-state index contributed by atoms with van der Waals surface area (Å²) in [5.74, 6) is -0.822. The fraction of sp³-hybridized carbons (Fsp3) is 0.250. The van der Waals surface area contributed by atoms with Gasteiger partial charge in [-0.3, -0.25) is 0 Å². The summed E-state index contributed by atoms with van der Waals surface area (Å²) < 4.78 is 0. The van der Waals surface area contributed by atoms with E-state index in [1.54, 1.807) is 12.1 Å². The molecule has 0 aliphatic carbocycles. The van der Waals surface area contributed by atoms with Gasteiger partial charge >= 0.3 is 5.97 Å². The van der Waals surface area contributed by atoms with E-state index in [1.165, 1.54) is 0 Å². The monoisotopic (exact) mass is 237 g/mol. The molecule has 84 valence electrons. The second-order valence-electron chi connectivity index (χ2n) is 4.04. The minimum atomic E-state index is -0.942. The Morgan fingerprint density at radius 1 is 1.44 bits per heavy atom. The Balaban J connectivity index is 2.88.